The number of aliphatic carboxylic acids is 1. The zero-order chi connectivity index (χ0) is 16.1. The van der Waals surface area contributed by atoms with Crippen molar-refractivity contribution in [2.45, 2.75) is 38.6 Å². The van der Waals surface area contributed by atoms with Gasteiger partial charge in [0, 0.05) is 44.4 Å². The predicted molar refractivity (Wildman–Crippen MR) is 81.4 cm³/mol. The molecule has 7 nitrogen and oxygen atoms in total. The maximum absolute atomic E-state index is 11.5. The van der Waals surface area contributed by atoms with Gasteiger partial charge in [0.25, 0.3) is 0 Å². The molecule has 0 spiro atoms. The van der Waals surface area contributed by atoms with Crippen molar-refractivity contribution >= 4 is 11.9 Å². The lowest BCUT2D eigenvalue weighted by molar-refractivity contribution is -0.142. The molecule has 0 bridgehead atoms. The highest BCUT2D eigenvalue weighted by Crippen LogP contribution is 2.31. The van der Waals surface area contributed by atoms with E-state index in [4.69, 9.17) is 0 Å². The molecule has 1 aliphatic heterocycles. The Morgan fingerprint density at radius 1 is 1.59 bits per heavy atom. The molecule has 1 aromatic heterocycles. The Labute approximate surface area is 130 Å². The van der Waals surface area contributed by atoms with Crippen LogP contribution in [0.15, 0.2) is 12.3 Å². The fourth-order valence-electron chi connectivity index (χ4n) is 3.04. The van der Waals surface area contributed by atoms with Crippen LogP contribution in [0, 0.1) is 5.92 Å². The Morgan fingerprint density at radius 2 is 2.36 bits per heavy atom. The van der Waals surface area contributed by atoms with Crippen molar-refractivity contribution in [1.82, 2.24) is 20.4 Å². The van der Waals surface area contributed by atoms with E-state index in [0.29, 0.717) is 26.1 Å². The summed E-state index contributed by atoms with van der Waals surface area (Å²) in [6.07, 6.45) is 3.19. The smallest absolute Gasteiger partial charge is 0.320 e. The van der Waals surface area contributed by atoms with Gasteiger partial charge in [-0.1, -0.05) is 13.3 Å². The quantitative estimate of drug-likeness (QED) is 0.692. The number of amides is 1. The molecule has 3 unspecified atom stereocenters. The number of aromatic nitrogens is 2. The monoisotopic (exact) mass is 308 g/mol. The normalized spacial score (nSPS) is 23.4. The fourth-order valence-corrected chi connectivity index (χ4v) is 3.04. The largest absolute Gasteiger partial charge is 0.480 e. The number of nitrogens with zero attached hydrogens (tertiary/aromatic N) is 2. The second-order valence-corrected chi connectivity index (χ2v) is 5.96. The summed E-state index contributed by atoms with van der Waals surface area (Å²) in [6.45, 7) is 5.53. The molecule has 1 amide bonds. The minimum absolute atomic E-state index is 0.0509. The molecule has 22 heavy (non-hydrogen) atoms. The molecular weight excluding hydrogens is 284 g/mol. The summed E-state index contributed by atoms with van der Waals surface area (Å²) in [5.41, 5.74) is 0.989. The molecule has 0 radical (unpaired) electrons. The second kappa shape index (κ2) is 7.40. The van der Waals surface area contributed by atoms with Gasteiger partial charge in [0.1, 0.15) is 6.04 Å². The lowest BCUT2D eigenvalue weighted by Crippen LogP contribution is -2.41. The number of aromatic amines is 1. The number of H-pyrrole nitrogens is 1. The SMILES string of the molecule is CCC(CNC(C)=O)CN1CC(c2ccn[nH]2)CC1C(=O)O. The van der Waals surface area contributed by atoms with Gasteiger partial charge < -0.3 is 10.4 Å². The molecule has 0 aliphatic carbocycles. The highest BCUT2D eigenvalue weighted by Gasteiger charge is 2.38. The Hall–Kier alpha value is -1.89. The lowest BCUT2D eigenvalue weighted by Gasteiger charge is -2.26. The Kier molecular flexibility index (Phi) is 5.54. The average Bonchev–Trinajstić information content (AvgIpc) is 3.11. The first-order chi connectivity index (χ1) is 10.5. The summed E-state index contributed by atoms with van der Waals surface area (Å²) in [5, 5.41) is 19.2. The highest BCUT2D eigenvalue weighted by molar-refractivity contribution is 5.74. The van der Waals surface area contributed by atoms with Gasteiger partial charge in [0.05, 0.1) is 0 Å². The van der Waals surface area contributed by atoms with Crippen LogP contribution >= 0.6 is 0 Å². The van der Waals surface area contributed by atoms with Crippen LogP contribution in [0.5, 0.6) is 0 Å². The molecule has 0 saturated carbocycles. The van der Waals surface area contributed by atoms with E-state index in [1.54, 1.807) is 6.20 Å². The Morgan fingerprint density at radius 3 is 2.91 bits per heavy atom. The first-order valence-electron chi connectivity index (χ1n) is 7.71. The third-order valence-corrected chi connectivity index (χ3v) is 4.36. The minimum Gasteiger partial charge on any atom is -0.480 e. The van der Waals surface area contributed by atoms with Crippen LogP contribution in [-0.4, -0.2) is 57.8 Å². The number of nitrogens with one attached hydrogen (secondary N) is 2. The van der Waals surface area contributed by atoms with E-state index in [0.717, 1.165) is 12.1 Å². The van der Waals surface area contributed by atoms with Gasteiger partial charge in [-0.2, -0.15) is 5.10 Å². The number of carbonyl (C=O) groups excluding carboxylic acids is 1. The molecule has 3 N–H and O–H groups in total. The van der Waals surface area contributed by atoms with Crippen molar-refractivity contribution in [3.05, 3.63) is 18.0 Å². The van der Waals surface area contributed by atoms with E-state index in [2.05, 4.69) is 22.4 Å². The summed E-state index contributed by atoms with van der Waals surface area (Å²) < 4.78 is 0. The number of rotatable bonds is 7. The first-order valence-corrected chi connectivity index (χ1v) is 7.71. The van der Waals surface area contributed by atoms with E-state index in [-0.39, 0.29) is 17.7 Å². The van der Waals surface area contributed by atoms with Crippen LogP contribution in [0.3, 0.4) is 0 Å². The molecule has 7 heteroatoms. The third-order valence-electron chi connectivity index (χ3n) is 4.36. The number of hydrogen-bond donors (Lipinski definition) is 3. The minimum atomic E-state index is -0.781. The van der Waals surface area contributed by atoms with E-state index >= 15 is 0 Å². The number of hydrogen-bond acceptors (Lipinski definition) is 4. The topological polar surface area (TPSA) is 98.3 Å². The Bertz CT molecular complexity index is 503. The van der Waals surface area contributed by atoms with Crippen molar-refractivity contribution in [3.63, 3.8) is 0 Å². The van der Waals surface area contributed by atoms with Crippen LogP contribution in [0.1, 0.15) is 38.3 Å². The molecule has 1 fully saturated rings. The van der Waals surface area contributed by atoms with Gasteiger partial charge in [0.15, 0.2) is 0 Å². The molecule has 1 aromatic rings. The number of carboxylic acid groups (broad SMARTS) is 1. The summed E-state index contributed by atoms with van der Waals surface area (Å²) in [4.78, 5) is 24.6. The molecule has 122 valence electrons. The van der Waals surface area contributed by atoms with Crippen molar-refractivity contribution in [1.29, 1.82) is 0 Å². The highest BCUT2D eigenvalue weighted by atomic mass is 16.4. The van der Waals surface area contributed by atoms with Crippen LogP contribution in [0.2, 0.25) is 0 Å². The third kappa shape index (κ3) is 4.07. The van der Waals surface area contributed by atoms with Crippen molar-refractivity contribution in [3.8, 4) is 0 Å². The van der Waals surface area contributed by atoms with Crippen molar-refractivity contribution < 1.29 is 14.7 Å². The summed E-state index contributed by atoms with van der Waals surface area (Å²) in [6, 6.07) is 1.43. The van der Waals surface area contributed by atoms with Crippen LogP contribution < -0.4 is 5.32 Å². The fraction of sp³-hybridized carbons (Fsp3) is 0.667. The van der Waals surface area contributed by atoms with E-state index < -0.39 is 12.0 Å². The number of likely N-dealkylation sites (tertiary alicyclic amines) is 1. The maximum atomic E-state index is 11.5. The van der Waals surface area contributed by atoms with Gasteiger partial charge >= 0.3 is 5.97 Å². The zero-order valence-electron chi connectivity index (χ0n) is 13.1. The van der Waals surface area contributed by atoms with Crippen LogP contribution in [0.25, 0.3) is 0 Å². The molecular formula is C15H24N4O3. The molecule has 2 heterocycles. The second-order valence-electron chi connectivity index (χ2n) is 5.96. The summed E-state index contributed by atoms with van der Waals surface area (Å²) >= 11 is 0. The molecule has 0 aromatic carbocycles. The van der Waals surface area contributed by atoms with Gasteiger partial charge in [-0.3, -0.25) is 19.6 Å². The van der Waals surface area contributed by atoms with Crippen LogP contribution in [-0.2, 0) is 9.59 Å². The first kappa shape index (κ1) is 16.5. The summed E-state index contributed by atoms with van der Waals surface area (Å²) in [7, 11) is 0. The maximum Gasteiger partial charge on any atom is 0.320 e. The van der Waals surface area contributed by atoms with E-state index in [1.165, 1.54) is 6.92 Å². The predicted octanol–water partition coefficient (Wildman–Crippen LogP) is 0.815. The number of carbonyl (C=O) groups is 2. The zero-order valence-corrected chi connectivity index (χ0v) is 13.1. The average molecular weight is 308 g/mol. The molecule has 1 aliphatic rings. The van der Waals surface area contributed by atoms with Gasteiger partial charge in [-0.05, 0) is 18.4 Å². The van der Waals surface area contributed by atoms with Crippen molar-refractivity contribution in [2.75, 3.05) is 19.6 Å². The molecule has 1 saturated heterocycles. The Balaban J connectivity index is 2.00. The lowest BCUT2D eigenvalue weighted by atomic mass is 10.0. The van der Waals surface area contributed by atoms with Crippen molar-refractivity contribution in [2.24, 2.45) is 5.92 Å². The van der Waals surface area contributed by atoms with Gasteiger partial charge in [0.2, 0.25) is 5.91 Å². The summed E-state index contributed by atoms with van der Waals surface area (Å²) in [5.74, 6) is -0.408. The molecule has 2 rings (SSSR count). The molecule has 3 atom stereocenters. The van der Waals surface area contributed by atoms with E-state index in [1.807, 2.05) is 11.0 Å². The van der Waals surface area contributed by atoms with E-state index in [9.17, 15) is 14.7 Å². The standard InChI is InChI=1S/C15H24N4O3/c1-3-11(7-16-10(2)20)8-19-9-12(6-14(19)15(21)22)13-4-5-17-18-13/h4-5,11-12,14H,3,6-9H2,1-2H3,(H,16,20)(H,17,18)(H,21,22). The number of carboxylic acids is 1. The van der Waals surface area contributed by atoms with Gasteiger partial charge in [-0.25, -0.2) is 0 Å². The van der Waals surface area contributed by atoms with Crippen LogP contribution in [0.4, 0.5) is 0 Å². The van der Waals surface area contributed by atoms with Gasteiger partial charge in [-0.15, -0.1) is 0 Å².